The molecule has 0 aromatic heterocycles. The second kappa shape index (κ2) is 36.1. The van der Waals surface area contributed by atoms with Gasteiger partial charge in [-0.15, -0.1) is 10.1 Å². The molecule has 0 aromatic rings. The molecule has 0 fully saturated rings. The molecule has 0 spiro atoms. The zero-order chi connectivity index (χ0) is 17.9. The maximum atomic E-state index is 8.36. The Morgan fingerprint density at radius 1 is 0.500 bits per heavy atom. The van der Waals surface area contributed by atoms with Gasteiger partial charge in [0.1, 0.15) is 0 Å². The Balaban J connectivity index is -0.0000000250. The molecule has 0 saturated carbocycles. The molecule has 0 aliphatic rings. The van der Waals surface area contributed by atoms with Crippen LogP contribution in [0.15, 0.2) is 0 Å². The van der Waals surface area contributed by atoms with Crippen molar-refractivity contribution < 1.29 is 30.6 Å². The van der Waals surface area contributed by atoms with Crippen molar-refractivity contribution >= 4 is 27.7 Å². The van der Waals surface area contributed by atoms with Gasteiger partial charge in [0.2, 0.25) is 0 Å². The van der Waals surface area contributed by atoms with E-state index in [0.29, 0.717) is 0 Å². The van der Waals surface area contributed by atoms with Gasteiger partial charge >= 0.3 is 27.7 Å². The summed E-state index contributed by atoms with van der Waals surface area (Å²) in [5.74, 6) is 0. The molecule has 0 unspecified atom stereocenters. The van der Waals surface area contributed by atoms with E-state index in [-0.39, 0.29) is 27.7 Å². The summed E-state index contributed by atoms with van der Waals surface area (Å²) in [5.41, 5.74) is 0. The number of hydrogen-bond donors (Lipinski definition) is 1. The summed E-state index contributed by atoms with van der Waals surface area (Å²) in [6.07, 6.45) is 0. The van der Waals surface area contributed by atoms with Crippen molar-refractivity contribution in [1.29, 1.82) is 0 Å². The van der Waals surface area contributed by atoms with Crippen LogP contribution < -0.4 is 0 Å². The van der Waals surface area contributed by atoms with Crippen LogP contribution in [0.1, 0.15) is 0 Å². The van der Waals surface area contributed by atoms with E-state index in [0.717, 1.165) is 0 Å². The van der Waals surface area contributed by atoms with Crippen LogP contribution >= 0.6 is 0 Å². The predicted molar refractivity (Wildman–Crippen MR) is 64.5 cm³/mol. The molecule has 0 bridgehead atoms. The van der Waals surface area contributed by atoms with E-state index in [9.17, 15) is 0 Å². The van der Waals surface area contributed by atoms with Gasteiger partial charge < -0.3 is 66.5 Å². The van der Waals surface area contributed by atoms with E-state index in [4.69, 9.17) is 76.6 Å². The van der Waals surface area contributed by atoms with Gasteiger partial charge in [-0.05, 0) is 0 Å². The average molecular weight is 395 g/mol. The fraction of sp³-hybridized carbons (Fsp3) is 0. The quantitative estimate of drug-likeness (QED) is 0.249. The Hall–Kier alpha value is -3.29. The molecule has 0 atom stereocenters. The first kappa shape index (κ1) is 42.8. The third-order valence-corrected chi connectivity index (χ3v) is 0. The van der Waals surface area contributed by atoms with Gasteiger partial charge in [-0.3, -0.25) is 0 Å². The van der Waals surface area contributed by atoms with Crippen molar-refractivity contribution in [3.05, 3.63) is 71.4 Å². The van der Waals surface area contributed by atoms with Crippen LogP contribution in [0.25, 0.3) is 0 Å². The Labute approximate surface area is 130 Å². The van der Waals surface area contributed by atoms with E-state index < -0.39 is 25.4 Å². The van der Waals surface area contributed by atoms with Crippen molar-refractivity contribution in [1.82, 2.24) is 0 Å². The van der Waals surface area contributed by atoms with Crippen LogP contribution in [0.5, 0.6) is 0 Å². The third kappa shape index (κ3) is 382. The standard InChI is InChI=1S/Be.GeH2.HNO3.4NO3/c;;5*2-1(3)4/h;1H2;(H,2,3,4);;;;/q2*+2;;4*-1. The normalized spacial score (nSPS) is 5.45. The summed E-state index contributed by atoms with van der Waals surface area (Å²) in [5, 5.41) is 72.6. The Morgan fingerprint density at radius 2 is 0.500 bits per heavy atom. The third-order valence-electron chi connectivity index (χ3n) is 0. The second-order valence-electron chi connectivity index (χ2n) is 1.13. The molecule has 0 heterocycles. The van der Waals surface area contributed by atoms with Gasteiger partial charge in [0.05, 0.1) is 20.3 Å². The average Bonchev–Trinajstić information content (AvgIpc) is 1.94. The van der Waals surface area contributed by atoms with Gasteiger partial charge in [-0.25, -0.2) is 0 Å². The van der Waals surface area contributed by atoms with E-state index in [2.05, 4.69) is 0 Å². The fourth-order valence-electron chi connectivity index (χ4n) is 0. The number of rotatable bonds is 0. The Morgan fingerprint density at radius 3 is 0.500 bits per heavy atom. The van der Waals surface area contributed by atoms with E-state index in [1.54, 1.807) is 0 Å². The molecule has 124 valence electrons. The summed E-state index contributed by atoms with van der Waals surface area (Å²) in [6, 6.07) is 0. The minimum atomic E-state index is -1.75. The fourth-order valence-corrected chi connectivity index (χ4v) is 0. The van der Waals surface area contributed by atoms with Crippen LogP contribution in [0.4, 0.5) is 0 Å². The molecule has 0 aliphatic carbocycles. The van der Waals surface area contributed by atoms with Crippen molar-refractivity contribution in [2.45, 2.75) is 0 Å². The molecule has 22 heavy (non-hydrogen) atoms. The van der Waals surface area contributed by atoms with Crippen molar-refractivity contribution in [3.8, 4) is 0 Å². The van der Waals surface area contributed by atoms with Crippen molar-refractivity contribution in [2.24, 2.45) is 0 Å². The predicted octanol–water partition coefficient (Wildman–Crippen LogP) is -2.60. The summed E-state index contributed by atoms with van der Waals surface area (Å²) in [7, 11) is 0. The molecule has 0 saturated heterocycles. The van der Waals surface area contributed by atoms with Crippen LogP contribution in [-0.4, -0.2) is 58.4 Å². The van der Waals surface area contributed by atoms with Crippen LogP contribution in [-0.2, 0) is 0 Å². The van der Waals surface area contributed by atoms with Gasteiger partial charge in [-0.1, -0.05) is 0 Å². The van der Waals surface area contributed by atoms with Crippen LogP contribution in [0, 0.1) is 71.4 Å². The zero-order valence-electron chi connectivity index (χ0n) is 9.81. The Kier molecular flexibility index (Phi) is 70.2. The van der Waals surface area contributed by atoms with Gasteiger partial charge in [0, 0.05) is 0 Å². The molecule has 22 heteroatoms. The summed E-state index contributed by atoms with van der Waals surface area (Å²) in [4.78, 5) is 41.4. The molecule has 0 aliphatic heterocycles. The van der Waals surface area contributed by atoms with Gasteiger partial charge in [-0.2, -0.15) is 0 Å². The molecule has 0 rings (SSSR count). The Bertz CT molecular complexity index is 213. The van der Waals surface area contributed by atoms with Crippen LogP contribution in [0.3, 0.4) is 0 Å². The van der Waals surface area contributed by atoms with E-state index >= 15 is 0 Å². The van der Waals surface area contributed by atoms with Crippen molar-refractivity contribution in [2.75, 3.05) is 0 Å². The number of nitrogens with zero attached hydrogens (tertiary/aromatic N) is 5. The van der Waals surface area contributed by atoms with Gasteiger partial charge in [0.25, 0.3) is 5.09 Å². The second-order valence-corrected chi connectivity index (χ2v) is 1.13. The first-order valence-electron chi connectivity index (χ1n) is 2.76. The topological polar surface area (TPSA) is 328 Å². The first-order valence-corrected chi connectivity index (χ1v) is 2.76. The summed E-state index contributed by atoms with van der Waals surface area (Å²) >= 11 is 0. The monoisotopic (exact) mass is 396 g/mol. The molecule has 0 aromatic carbocycles. The molecular weight excluding hydrogens is 392 g/mol. The number of hydrogen-bond acceptors (Lipinski definition) is 14. The molecular formula is H3BeGeN5O15. The SMILES string of the molecule is O=[N+]([O-])O.O=[N+]([O-])[O-].O=[N+]([O-])[O-].O=[N+]([O-])[O-].O=[N+]([O-])[O-].[Be+2].[GeH2+2]. The summed E-state index contributed by atoms with van der Waals surface area (Å²) < 4.78 is 0. The molecule has 20 nitrogen and oxygen atoms in total. The molecule has 1 N–H and O–H groups in total. The first-order chi connectivity index (χ1) is 8.66. The van der Waals surface area contributed by atoms with Crippen LogP contribution in [0.2, 0.25) is 0 Å². The molecule has 0 radical (unpaired) electrons. The van der Waals surface area contributed by atoms with Gasteiger partial charge in [0.15, 0.2) is 0 Å². The van der Waals surface area contributed by atoms with E-state index in [1.165, 1.54) is 0 Å². The zero-order valence-corrected chi connectivity index (χ0v) is 12.8. The van der Waals surface area contributed by atoms with E-state index in [1.807, 2.05) is 0 Å². The summed E-state index contributed by atoms with van der Waals surface area (Å²) in [6.45, 7) is 0. The maximum absolute atomic E-state index is 8.36. The molecule has 0 amide bonds. The van der Waals surface area contributed by atoms with Crippen molar-refractivity contribution in [3.63, 3.8) is 0 Å². The minimum absolute atomic E-state index is 0.